The van der Waals surface area contributed by atoms with Crippen molar-refractivity contribution in [2.24, 2.45) is 5.73 Å². The molecule has 0 bridgehead atoms. The summed E-state index contributed by atoms with van der Waals surface area (Å²) in [6.07, 6.45) is 3.74. The van der Waals surface area contributed by atoms with Crippen LogP contribution >= 0.6 is 0 Å². The van der Waals surface area contributed by atoms with Crippen LogP contribution in [-0.2, 0) is 19.5 Å². The SMILES string of the molecule is Cc1ccc(CN2CCc3[c]nc(C(N)=O)nc3C2)cc1. The van der Waals surface area contributed by atoms with Crippen molar-refractivity contribution >= 4 is 5.91 Å². The molecule has 5 heteroatoms. The standard InChI is InChI=1S/C16H17N4O/c1-11-2-4-12(5-3-11)9-20-7-6-13-8-18-16(15(17)21)19-14(13)10-20/h2-5H,6-7,9-10H2,1H3,(H2,17,21). The molecule has 1 aliphatic heterocycles. The van der Waals surface area contributed by atoms with E-state index >= 15 is 0 Å². The summed E-state index contributed by atoms with van der Waals surface area (Å²) < 4.78 is 0. The predicted molar refractivity (Wildman–Crippen MR) is 78.4 cm³/mol. The van der Waals surface area contributed by atoms with Crippen molar-refractivity contribution in [3.8, 4) is 0 Å². The highest BCUT2D eigenvalue weighted by Crippen LogP contribution is 2.18. The maximum atomic E-state index is 11.2. The minimum atomic E-state index is -0.607. The molecule has 1 radical (unpaired) electrons. The summed E-state index contributed by atoms with van der Waals surface area (Å²) in [4.78, 5) is 21.6. The van der Waals surface area contributed by atoms with Gasteiger partial charge in [0.15, 0.2) is 0 Å². The number of benzene rings is 1. The maximum absolute atomic E-state index is 11.2. The number of hydrogen-bond donors (Lipinski definition) is 1. The first-order valence-corrected chi connectivity index (χ1v) is 6.97. The highest BCUT2D eigenvalue weighted by molar-refractivity contribution is 5.88. The third kappa shape index (κ3) is 3.08. The number of fused-ring (bicyclic) bond motifs is 1. The molecule has 1 aromatic heterocycles. The number of nitrogens with two attached hydrogens (primary N) is 1. The minimum Gasteiger partial charge on any atom is -0.363 e. The van der Waals surface area contributed by atoms with E-state index in [2.05, 4.69) is 52.3 Å². The molecule has 1 amide bonds. The second kappa shape index (κ2) is 5.61. The predicted octanol–water partition coefficient (Wildman–Crippen LogP) is 1.24. The van der Waals surface area contributed by atoms with Crippen molar-refractivity contribution < 1.29 is 4.79 Å². The minimum absolute atomic E-state index is 0.0472. The van der Waals surface area contributed by atoms with E-state index in [1.54, 1.807) is 0 Å². The number of amides is 1. The zero-order valence-electron chi connectivity index (χ0n) is 12.0. The summed E-state index contributed by atoms with van der Waals surface area (Å²) in [7, 11) is 0. The summed E-state index contributed by atoms with van der Waals surface area (Å²) in [6.45, 7) is 4.59. The van der Waals surface area contributed by atoms with Crippen molar-refractivity contribution in [2.75, 3.05) is 6.54 Å². The first-order chi connectivity index (χ1) is 10.1. The molecule has 3 rings (SSSR count). The van der Waals surface area contributed by atoms with Gasteiger partial charge in [-0.1, -0.05) is 29.8 Å². The number of nitrogens with zero attached hydrogens (tertiary/aromatic N) is 3. The van der Waals surface area contributed by atoms with E-state index in [1.165, 1.54) is 11.1 Å². The van der Waals surface area contributed by atoms with Crippen LogP contribution in [0.25, 0.3) is 0 Å². The number of primary amides is 1. The molecule has 0 unspecified atom stereocenters. The van der Waals surface area contributed by atoms with Crippen LogP contribution in [0.5, 0.6) is 0 Å². The molecule has 1 aromatic carbocycles. The third-order valence-electron chi connectivity index (χ3n) is 3.68. The van der Waals surface area contributed by atoms with E-state index < -0.39 is 5.91 Å². The van der Waals surface area contributed by atoms with Gasteiger partial charge in [-0.15, -0.1) is 0 Å². The van der Waals surface area contributed by atoms with Gasteiger partial charge in [-0.05, 0) is 18.9 Å². The van der Waals surface area contributed by atoms with E-state index in [0.717, 1.165) is 30.8 Å². The average molecular weight is 281 g/mol. The van der Waals surface area contributed by atoms with Crippen molar-refractivity contribution in [1.82, 2.24) is 14.9 Å². The van der Waals surface area contributed by atoms with Crippen molar-refractivity contribution in [2.45, 2.75) is 26.4 Å². The Morgan fingerprint density at radius 1 is 1.38 bits per heavy atom. The molecule has 0 saturated heterocycles. The first-order valence-electron chi connectivity index (χ1n) is 6.97. The van der Waals surface area contributed by atoms with Gasteiger partial charge >= 0.3 is 0 Å². The Labute approximate surface area is 123 Å². The van der Waals surface area contributed by atoms with Crippen LogP contribution in [0.1, 0.15) is 33.0 Å². The summed E-state index contributed by atoms with van der Waals surface area (Å²) in [6, 6.07) is 8.53. The maximum Gasteiger partial charge on any atom is 0.286 e. The summed E-state index contributed by atoms with van der Waals surface area (Å²) >= 11 is 0. The molecular weight excluding hydrogens is 264 g/mol. The van der Waals surface area contributed by atoms with Gasteiger partial charge in [-0.2, -0.15) is 0 Å². The number of hydrogen-bond acceptors (Lipinski definition) is 4. The highest BCUT2D eigenvalue weighted by Gasteiger charge is 2.20. The van der Waals surface area contributed by atoms with Crippen LogP contribution in [0.15, 0.2) is 24.3 Å². The Kier molecular flexibility index (Phi) is 3.66. The number of aromatic nitrogens is 2. The van der Waals surface area contributed by atoms with Gasteiger partial charge in [0.1, 0.15) is 0 Å². The van der Waals surface area contributed by atoms with Gasteiger partial charge in [0.25, 0.3) is 5.91 Å². The summed E-state index contributed by atoms with van der Waals surface area (Å²) in [5.74, 6) is -0.560. The fraction of sp³-hybridized carbons (Fsp3) is 0.312. The van der Waals surface area contributed by atoms with E-state index in [-0.39, 0.29) is 5.82 Å². The Bertz CT molecular complexity index is 666. The van der Waals surface area contributed by atoms with Gasteiger partial charge < -0.3 is 5.73 Å². The lowest BCUT2D eigenvalue weighted by atomic mass is 10.1. The molecule has 21 heavy (non-hydrogen) atoms. The van der Waals surface area contributed by atoms with E-state index in [1.807, 2.05) is 0 Å². The van der Waals surface area contributed by atoms with Gasteiger partial charge in [-0.25, -0.2) is 9.97 Å². The molecule has 2 aromatic rings. The van der Waals surface area contributed by atoms with Crippen molar-refractivity contribution in [3.05, 3.63) is 58.7 Å². The monoisotopic (exact) mass is 281 g/mol. The van der Waals surface area contributed by atoms with Crippen LogP contribution in [0.3, 0.4) is 0 Å². The Balaban J connectivity index is 1.75. The quantitative estimate of drug-likeness (QED) is 0.919. The number of rotatable bonds is 3. The largest absolute Gasteiger partial charge is 0.363 e. The molecule has 0 fully saturated rings. The lowest BCUT2D eigenvalue weighted by molar-refractivity contribution is 0.0989. The number of carbonyl (C=O) groups excluding carboxylic acids is 1. The normalized spacial score (nSPS) is 14.7. The molecule has 0 aliphatic carbocycles. The fourth-order valence-electron chi connectivity index (χ4n) is 2.49. The molecular formula is C16H17N4O. The van der Waals surface area contributed by atoms with Gasteiger partial charge in [0.2, 0.25) is 5.82 Å². The van der Waals surface area contributed by atoms with E-state index in [4.69, 9.17) is 5.73 Å². The smallest absolute Gasteiger partial charge is 0.286 e. The van der Waals surface area contributed by atoms with Gasteiger partial charge in [0, 0.05) is 25.2 Å². The Morgan fingerprint density at radius 3 is 2.86 bits per heavy atom. The molecule has 0 saturated carbocycles. The molecule has 1 aliphatic rings. The molecule has 107 valence electrons. The Hall–Kier alpha value is -2.27. The molecule has 5 nitrogen and oxygen atoms in total. The molecule has 2 N–H and O–H groups in total. The van der Waals surface area contributed by atoms with Crippen molar-refractivity contribution in [3.63, 3.8) is 0 Å². The van der Waals surface area contributed by atoms with Crippen LogP contribution in [0.4, 0.5) is 0 Å². The lowest BCUT2D eigenvalue weighted by Crippen LogP contribution is -2.32. The zero-order chi connectivity index (χ0) is 14.8. The second-order valence-corrected chi connectivity index (χ2v) is 5.39. The third-order valence-corrected chi connectivity index (χ3v) is 3.68. The van der Waals surface area contributed by atoms with E-state index in [9.17, 15) is 4.79 Å². The Morgan fingerprint density at radius 2 is 2.14 bits per heavy atom. The summed E-state index contributed by atoms with van der Waals surface area (Å²) in [5, 5.41) is 0. The molecule has 2 heterocycles. The lowest BCUT2D eigenvalue weighted by Gasteiger charge is -2.27. The van der Waals surface area contributed by atoms with Gasteiger partial charge in [0.05, 0.1) is 11.9 Å². The average Bonchev–Trinajstić information content (AvgIpc) is 2.49. The number of carbonyl (C=O) groups is 1. The van der Waals surface area contributed by atoms with Crippen molar-refractivity contribution in [1.29, 1.82) is 0 Å². The second-order valence-electron chi connectivity index (χ2n) is 5.39. The van der Waals surface area contributed by atoms with Crippen LogP contribution in [0, 0.1) is 13.1 Å². The van der Waals surface area contributed by atoms with Crippen LogP contribution in [0.2, 0.25) is 0 Å². The molecule has 0 atom stereocenters. The van der Waals surface area contributed by atoms with Crippen LogP contribution < -0.4 is 5.73 Å². The molecule has 0 spiro atoms. The number of aryl methyl sites for hydroxylation is 1. The zero-order valence-corrected chi connectivity index (χ0v) is 12.0. The first kappa shape index (κ1) is 13.7. The highest BCUT2D eigenvalue weighted by atomic mass is 16.1. The van der Waals surface area contributed by atoms with E-state index in [0.29, 0.717) is 6.54 Å². The van der Waals surface area contributed by atoms with Gasteiger partial charge in [-0.3, -0.25) is 9.69 Å². The fourth-order valence-corrected chi connectivity index (χ4v) is 2.49. The summed E-state index contributed by atoms with van der Waals surface area (Å²) in [5.41, 5.74) is 9.60. The van der Waals surface area contributed by atoms with Crippen LogP contribution in [-0.4, -0.2) is 27.3 Å². The topological polar surface area (TPSA) is 72.1 Å².